The van der Waals surface area contributed by atoms with E-state index in [1.165, 1.54) is 23.1 Å². The van der Waals surface area contributed by atoms with Crippen LogP contribution in [0.25, 0.3) is 0 Å². The van der Waals surface area contributed by atoms with Crippen LogP contribution in [-0.2, 0) is 10.2 Å². The number of anilines is 1. The smallest absolute Gasteiger partial charge is 0.254 e. The second kappa shape index (κ2) is 6.09. The molecule has 0 spiro atoms. The van der Waals surface area contributed by atoms with Crippen molar-refractivity contribution in [1.82, 2.24) is 14.5 Å². The summed E-state index contributed by atoms with van der Waals surface area (Å²) in [5.74, 6) is 0.548. The van der Waals surface area contributed by atoms with Crippen molar-refractivity contribution >= 4 is 34.1 Å². The Morgan fingerprint density at radius 3 is 2.91 bits per heavy atom. The number of fused-ring (bicyclic) bond motifs is 1. The van der Waals surface area contributed by atoms with Crippen LogP contribution in [0.5, 0.6) is 0 Å². The molecule has 1 aliphatic rings. The standard InChI is InChI=1S/C15H18N4O2S2/c1-15(2,3)10-7-12(21)19-9(8-23-14(19)17-10)6-11(20)18-13-16-4-5-22-13/h4-5,7,9H,6,8H2,1-3H3,(H,16,18,20). The highest BCUT2D eigenvalue weighted by Gasteiger charge is 2.29. The Kier molecular flexibility index (Phi) is 4.29. The summed E-state index contributed by atoms with van der Waals surface area (Å²) in [5, 5.41) is 5.84. The fraction of sp³-hybridized carbons (Fsp3) is 0.467. The molecule has 0 saturated carbocycles. The van der Waals surface area contributed by atoms with Gasteiger partial charge in [-0.1, -0.05) is 32.5 Å². The third-order valence-corrected chi connectivity index (χ3v) is 5.34. The molecule has 0 bridgehead atoms. The van der Waals surface area contributed by atoms with Gasteiger partial charge in [0, 0.05) is 35.2 Å². The first kappa shape index (κ1) is 16.2. The predicted molar refractivity (Wildman–Crippen MR) is 92.3 cm³/mol. The van der Waals surface area contributed by atoms with E-state index >= 15 is 0 Å². The summed E-state index contributed by atoms with van der Waals surface area (Å²) in [7, 11) is 0. The largest absolute Gasteiger partial charge is 0.302 e. The van der Waals surface area contributed by atoms with Crippen LogP contribution in [0.1, 0.15) is 38.9 Å². The molecule has 2 aromatic heterocycles. The van der Waals surface area contributed by atoms with E-state index in [2.05, 4.69) is 15.3 Å². The molecule has 1 unspecified atom stereocenters. The first-order chi connectivity index (χ1) is 10.8. The van der Waals surface area contributed by atoms with Gasteiger partial charge in [0.2, 0.25) is 5.91 Å². The normalized spacial score (nSPS) is 17.1. The Bertz CT molecular complexity index is 778. The van der Waals surface area contributed by atoms with Crippen molar-refractivity contribution in [2.75, 3.05) is 11.1 Å². The van der Waals surface area contributed by atoms with Gasteiger partial charge in [-0.25, -0.2) is 9.97 Å². The number of carbonyl (C=O) groups is 1. The summed E-state index contributed by atoms with van der Waals surface area (Å²) in [4.78, 5) is 33.2. The minimum atomic E-state index is -0.171. The molecular formula is C15H18N4O2S2. The van der Waals surface area contributed by atoms with Gasteiger partial charge >= 0.3 is 0 Å². The maximum atomic E-state index is 12.5. The van der Waals surface area contributed by atoms with Crippen LogP contribution in [0.2, 0.25) is 0 Å². The number of aromatic nitrogens is 3. The maximum Gasteiger partial charge on any atom is 0.254 e. The Balaban J connectivity index is 1.79. The summed E-state index contributed by atoms with van der Waals surface area (Å²) in [6.45, 7) is 6.10. The van der Waals surface area contributed by atoms with E-state index < -0.39 is 0 Å². The quantitative estimate of drug-likeness (QED) is 0.861. The molecule has 122 valence electrons. The van der Waals surface area contributed by atoms with Crippen LogP contribution in [0, 0.1) is 0 Å². The van der Waals surface area contributed by atoms with Crippen LogP contribution in [-0.4, -0.2) is 26.2 Å². The summed E-state index contributed by atoms with van der Waals surface area (Å²) in [5.41, 5.74) is 0.529. The molecule has 3 rings (SSSR count). The number of thiazole rings is 1. The van der Waals surface area contributed by atoms with Crippen LogP contribution >= 0.6 is 23.1 Å². The van der Waals surface area contributed by atoms with Crippen molar-refractivity contribution in [3.63, 3.8) is 0 Å². The number of nitrogens with one attached hydrogen (secondary N) is 1. The minimum Gasteiger partial charge on any atom is -0.302 e. The SMILES string of the molecule is CC(C)(C)c1cc(=O)n2c(n1)SCC2CC(=O)Nc1nccs1. The molecule has 1 atom stereocenters. The molecule has 8 heteroatoms. The zero-order chi connectivity index (χ0) is 16.6. The third kappa shape index (κ3) is 3.48. The molecule has 1 N–H and O–H groups in total. The van der Waals surface area contributed by atoms with E-state index in [1.807, 2.05) is 20.8 Å². The molecule has 0 aromatic carbocycles. The van der Waals surface area contributed by atoms with E-state index in [0.29, 0.717) is 16.0 Å². The van der Waals surface area contributed by atoms with Crippen LogP contribution in [0.4, 0.5) is 5.13 Å². The van der Waals surface area contributed by atoms with E-state index in [9.17, 15) is 9.59 Å². The second-order valence-corrected chi connectivity index (χ2v) is 8.32. The van der Waals surface area contributed by atoms with E-state index in [0.717, 1.165) is 5.69 Å². The summed E-state index contributed by atoms with van der Waals surface area (Å²) < 4.78 is 1.64. The number of carbonyl (C=O) groups excluding carboxylic acids is 1. The lowest BCUT2D eigenvalue weighted by Crippen LogP contribution is -2.29. The molecule has 1 amide bonds. The van der Waals surface area contributed by atoms with E-state index in [1.54, 1.807) is 22.2 Å². The number of hydrogen-bond acceptors (Lipinski definition) is 6. The minimum absolute atomic E-state index is 0.0861. The lowest BCUT2D eigenvalue weighted by atomic mass is 9.92. The van der Waals surface area contributed by atoms with E-state index in [-0.39, 0.29) is 29.3 Å². The fourth-order valence-corrected chi connectivity index (χ4v) is 4.05. The highest BCUT2D eigenvalue weighted by atomic mass is 32.2. The molecule has 2 aromatic rings. The van der Waals surface area contributed by atoms with E-state index in [4.69, 9.17) is 0 Å². The first-order valence-electron chi connectivity index (χ1n) is 7.31. The van der Waals surface area contributed by atoms with Gasteiger partial charge in [-0.05, 0) is 0 Å². The Morgan fingerprint density at radius 2 is 2.26 bits per heavy atom. The molecule has 23 heavy (non-hydrogen) atoms. The number of rotatable bonds is 3. The molecule has 0 saturated heterocycles. The zero-order valence-electron chi connectivity index (χ0n) is 13.2. The lowest BCUT2D eigenvalue weighted by Gasteiger charge is -2.19. The number of thioether (sulfide) groups is 1. The van der Waals surface area contributed by atoms with Crippen molar-refractivity contribution in [2.45, 2.75) is 43.8 Å². The Hall–Kier alpha value is -1.67. The highest BCUT2D eigenvalue weighted by molar-refractivity contribution is 7.99. The van der Waals surface area contributed by atoms with Gasteiger partial charge in [-0.2, -0.15) is 0 Å². The van der Waals surface area contributed by atoms with Gasteiger partial charge in [0.25, 0.3) is 5.56 Å². The summed E-state index contributed by atoms with van der Waals surface area (Å²) in [6.07, 6.45) is 1.89. The molecule has 0 fully saturated rings. The van der Waals surface area contributed by atoms with Crippen LogP contribution in [0.3, 0.4) is 0 Å². The molecule has 3 heterocycles. The molecule has 0 radical (unpaired) electrons. The van der Waals surface area contributed by atoms with Gasteiger partial charge in [0.15, 0.2) is 10.3 Å². The third-order valence-electron chi connectivity index (χ3n) is 3.56. The maximum absolute atomic E-state index is 12.5. The van der Waals surface area contributed by atoms with Crippen LogP contribution in [0.15, 0.2) is 27.6 Å². The Labute approximate surface area is 142 Å². The molecule has 1 aliphatic heterocycles. The number of amides is 1. The van der Waals surface area contributed by atoms with Gasteiger partial charge < -0.3 is 5.32 Å². The van der Waals surface area contributed by atoms with Gasteiger partial charge in [0.1, 0.15) is 0 Å². The zero-order valence-corrected chi connectivity index (χ0v) is 14.8. The lowest BCUT2D eigenvalue weighted by molar-refractivity contribution is -0.116. The molecule has 6 nitrogen and oxygen atoms in total. The van der Waals surface area contributed by atoms with Crippen molar-refractivity contribution in [2.24, 2.45) is 0 Å². The van der Waals surface area contributed by atoms with Crippen molar-refractivity contribution < 1.29 is 4.79 Å². The van der Waals surface area contributed by atoms with Gasteiger partial charge in [-0.3, -0.25) is 14.2 Å². The summed E-state index contributed by atoms with van der Waals surface area (Å²) >= 11 is 2.90. The van der Waals surface area contributed by atoms with Crippen molar-refractivity contribution in [3.05, 3.63) is 33.7 Å². The van der Waals surface area contributed by atoms with Crippen LogP contribution < -0.4 is 10.9 Å². The average molecular weight is 350 g/mol. The van der Waals surface area contributed by atoms with Crippen molar-refractivity contribution in [3.8, 4) is 0 Å². The Morgan fingerprint density at radius 1 is 1.48 bits per heavy atom. The number of nitrogens with zero attached hydrogens (tertiary/aromatic N) is 3. The molecular weight excluding hydrogens is 332 g/mol. The second-order valence-electron chi connectivity index (χ2n) is 6.44. The van der Waals surface area contributed by atoms with Crippen molar-refractivity contribution in [1.29, 1.82) is 0 Å². The van der Waals surface area contributed by atoms with Gasteiger partial charge in [-0.15, -0.1) is 11.3 Å². The average Bonchev–Trinajstić information content (AvgIpc) is 3.08. The monoisotopic (exact) mass is 350 g/mol. The summed E-state index contributed by atoms with van der Waals surface area (Å²) in [6, 6.07) is 1.42. The fourth-order valence-electron chi connectivity index (χ4n) is 2.36. The topological polar surface area (TPSA) is 76.9 Å². The first-order valence-corrected chi connectivity index (χ1v) is 9.17. The highest BCUT2D eigenvalue weighted by Crippen LogP contribution is 2.33. The predicted octanol–water partition coefficient (Wildman–Crippen LogP) is 2.67. The van der Waals surface area contributed by atoms with Gasteiger partial charge in [0.05, 0.1) is 11.7 Å². The molecule has 0 aliphatic carbocycles. The number of hydrogen-bond donors (Lipinski definition) is 1.